The van der Waals surface area contributed by atoms with Crippen molar-refractivity contribution in [2.24, 2.45) is 5.92 Å². The first-order chi connectivity index (χ1) is 10.9. The average molecular weight is 318 g/mol. The van der Waals surface area contributed by atoms with Crippen LogP contribution in [0.1, 0.15) is 51.5 Å². The smallest absolute Gasteiger partial charge is 0.241 e. The molecule has 4 heteroatoms. The normalized spacial score (nSPS) is 22.6. The quantitative estimate of drug-likeness (QED) is 0.847. The number of aliphatic hydroxyl groups excluding tert-OH is 1. The van der Waals surface area contributed by atoms with Crippen molar-refractivity contribution in [1.29, 1.82) is 0 Å². The maximum Gasteiger partial charge on any atom is 0.241 e. The standard InChI is InChI=1S/C19H30N2O2/c1-13(2)16-9-5-6-10-17(16)20-19(23)14(3)21(4)12-15-8-7-11-18(15)22/h5-6,9-10,13-15,18,22H,7-8,11-12H2,1-4H3,(H,20,23). The second-order valence-electron chi connectivity index (χ2n) is 7.11. The zero-order valence-electron chi connectivity index (χ0n) is 14.7. The number of hydrogen-bond donors (Lipinski definition) is 2. The lowest BCUT2D eigenvalue weighted by Gasteiger charge is -2.28. The molecule has 0 spiro atoms. The van der Waals surface area contributed by atoms with Crippen molar-refractivity contribution in [1.82, 2.24) is 4.90 Å². The molecular formula is C19H30N2O2. The van der Waals surface area contributed by atoms with Crippen molar-refractivity contribution in [3.8, 4) is 0 Å². The minimum atomic E-state index is -0.219. The van der Waals surface area contributed by atoms with Gasteiger partial charge in [0.25, 0.3) is 0 Å². The molecule has 0 bridgehead atoms. The fourth-order valence-electron chi connectivity index (χ4n) is 3.31. The molecular weight excluding hydrogens is 288 g/mol. The van der Waals surface area contributed by atoms with Gasteiger partial charge >= 0.3 is 0 Å². The molecule has 0 aromatic heterocycles. The summed E-state index contributed by atoms with van der Waals surface area (Å²) < 4.78 is 0. The Labute approximate surface area is 139 Å². The summed E-state index contributed by atoms with van der Waals surface area (Å²) in [4.78, 5) is 14.6. The predicted molar refractivity (Wildman–Crippen MR) is 94.6 cm³/mol. The van der Waals surface area contributed by atoms with Crippen LogP contribution in [-0.4, -0.2) is 41.7 Å². The molecule has 1 aliphatic carbocycles. The molecule has 23 heavy (non-hydrogen) atoms. The van der Waals surface area contributed by atoms with Crippen molar-refractivity contribution < 1.29 is 9.90 Å². The Hall–Kier alpha value is -1.39. The minimum absolute atomic E-state index is 0.00749. The van der Waals surface area contributed by atoms with E-state index in [1.165, 1.54) is 0 Å². The van der Waals surface area contributed by atoms with Crippen LogP contribution in [0.25, 0.3) is 0 Å². The molecule has 128 valence electrons. The zero-order chi connectivity index (χ0) is 17.0. The van der Waals surface area contributed by atoms with Crippen molar-refractivity contribution in [3.05, 3.63) is 29.8 Å². The molecule has 1 amide bonds. The molecule has 2 rings (SSSR count). The summed E-state index contributed by atoms with van der Waals surface area (Å²) in [6.07, 6.45) is 2.81. The molecule has 1 aromatic rings. The molecule has 3 unspecified atom stereocenters. The van der Waals surface area contributed by atoms with Crippen LogP contribution in [0.3, 0.4) is 0 Å². The van der Waals surface area contributed by atoms with E-state index >= 15 is 0 Å². The highest BCUT2D eigenvalue weighted by atomic mass is 16.3. The minimum Gasteiger partial charge on any atom is -0.393 e. The van der Waals surface area contributed by atoms with Crippen molar-refractivity contribution >= 4 is 11.6 Å². The zero-order valence-corrected chi connectivity index (χ0v) is 14.7. The molecule has 1 saturated carbocycles. The molecule has 0 heterocycles. The van der Waals surface area contributed by atoms with E-state index in [0.29, 0.717) is 11.8 Å². The molecule has 1 aromatic carbocycles. The number of carbonyl (C=O) groups is 1. The number of anilines is 1. The molecule has 3 atom stereocenters. The highest BCUT2D eigenvalue weighted by Crippen LogP contribution is 2.27. The Bertz CT molecular complexity index is 530. The lowest BCUT2D eigenvalue weighted by molar-refractivity contribution is -0.120. The van der Waals surface area contributed by atoms with Crippen LogP contribution in [0, 0.1) is 5.92 Å². The summed E-state index contributed by atoms with van der Waals surface area (Å²) in [5.41, 5.74) is 2.05. The van der Waals surface area contributed by atoms with Gasteiger partial charge in [0.2, 0.25) is 5.91 Å². The first-order valence-electron chi connectivity index (χ1n) is 8.68. The first-order valence-corrected chi connectivity index (χ1v) is 8.68. The highest BCUT2D eigenvalue weighted by Gasteiger charge is 2.29. The Morgan fingerprint density at radius 3 is 2.61 bits per heavy atom. The van der Waals surface area contributed by atoms with Crippen molar-refractivity contribution in [2.45, 2.75) is 58.1 Å². The fraction of sp³-hybridized carbons (Fsp3) is 0.632. The number of aliphatic hydroxyl groups is 1. The number of benzene rings is 1. The van der Waals surface area contributed by atoms with E-state index in [-0.39, 0.29) is 18.1 Å². The lowest BCUT2D eigenvalue weighted by atomic mass is 10.0. The van der Waals surface area contributed by atoms with Gasteiger partial charge in [-0.1, -0.05) is 38.5 Å². The fourth-order valence-corrected chi connectivity index (χ4v) is 3.31. The topological polar surface area (TPSA) is 52.6 Å². The molecule has 2 N–H and O–H groups in total. The summed E-state index contributed by atoms with van der Waals surface area (Å²) in [7, 11) is 1.96. The van der Waals surface area contributed by atoms with E-state index in [1.54, 1.807) is 0 Å². The van der Waals surface area contributed by atoms with E-state index in [1.807, 2.05) is 37.1 Å². The summed E-state index contributed by atoms with van der Waals surface area (Å²) in [6.45, 7) is 6.94. The Morgan fingerprint density at radius 1 is 1.30 bits per heavy atom. The average Bonchev–Trinajstić information content (AvgIpc) is 2.91. The molecule has 1 aliphatic rings. The van der Waals surface area contributed by atoms with Crippen LogP contribution in [0.5, 0.6) is 0 Å². The van der Waals surface area contributed by atoms with Gasteiger partial charge in [-0.05, 0) is 50.3 Å². The van der Waals surface area contributed by atoms with E-state index in [4.69, 9.17) is 0 Å². The summed E-state index contributed by atoms with van der Waals surface area (Å²) in [6, 6.07) is 7.75. The number of nitrogens with zero attached hydrogens (tertiary/aromatic N) is 1. The SMILES string of the molecule is CC(C)c1ccccc1NC(=O)C(C)N(C)CC1CCCC1O. The van der Waals surface area contributed by atoms with Crippen LogP contribution in [-0.2, 0) is 4.79 Å². The maximum atomic E-state index is 12.6. The van der Waals surface area contributed by atoms with Crippen LogP contribution in [0.4, 0.5) is 5.69 Å². The summed E-state index contributed by atoms with van der Waals surface area (Å²) in [5.74, 6) is 0.666. The maximum absolute atomic E-state index is 12.6. The van der Waals surface area contributed by atoms with Gasteiger partial charge in [-0.25, -0.2) is 0 Å². The van der Waals surface area contributed by atoms with E-state index in [0.717, 1.165) is 37.1 Å². The van der Waals surface area contributed by atoms with Crippen LogP contribution in [0.15, 0.2) is 24.3 Å². The van der Waals surface area contributed by atoms with E-state index < -0.39 is 0 Å². The Morgan fingerprint density at radius 2 is 2.00 bits per heavy atom. The number of rotatable bonds is 6. The highest BCUT2D eigenvalue weighted by molar-refractivity contribution is 5.95. The summed E-state index contributed by atoms with van der Waals surface area (Å²) in [5, 5.41) is 13.0. The van der Waals surface area contributed by atoms with Gasteiger partial charge < -0.3 is 10.4 Å². The monoisotopic (exact) mass is 318 g/mol. The van der Waals surface area contributed by atoms with E-state index in [2.05, 4.69) is 25.2 Å². The number of carbonyl (C=O) groups excluding carboxylic acids is 1. The third-order valence-corrected chi connectivity index (χ3v) is 5.02. The van der Waals surface area contributed by atoms with Crippen molar-refractivity contribution in [2.75, 3.05) is 18.9 Å². The van der Waals surface area contributed by atoms with Gasteiger partial charge in [0.1, 0.15) is 0 Å². The first kappa shape index (κ1) is 18.0. The summed E-state index contributed by atoms with van der Waals surface area (Å²) >= 11 is 0. The van der Waals surface area contributed by atoms with E-state index in [9.17, 15) is 9.90 Å². The number of amides is 1. The van der Waals surface area contributed by atoms with Gasteiger partial charge in [0, 0.05) is 12.2 Å². The number of nitrogens with one attached hydrogen (secondary N) is 1. The van der Waals surface area contributed by atoms with Gasteiger partial charge in [-0.15, -0.1) is 0 Å². The van der Waals surface area contributed by atoms with Gasteiger partial charge in [0.05, 0.1) is 12.1 Å². The van der Waals surface area contributed by atoms with Gasteiger partial charge in [-0.2, -0.15) is 0 Å². The molecule has 0 saturated heterocycles. The van der Waals surface area contributed by atoms with Gasteiger partial charge in [0.15, 0.2) is 0 Å². The predicted octanol–water partition coefficient (Wildman–Crippen LogP) is 3.23. The lowest BCUT2D eigenvalue weighted by Crippen LogP contribution is -2.43. The third kappa shape index (κ3) is 4.55. The van der Waals surface area contributed by atoms with Crippen LogP contribution in [0.2, 0.25) is 0 Å². The Balaban J connectivity index is 1.97. The second-order valence-corrected chi connectivity index (χ2v) is 7.11. The molecule has 0 radical (unpaired) electrons. The van der Waals surface area contributed by atoms with Gasteiger partial charge in [-0.3, -0.25) is 9.69 Å². The molecule has 4 nitrogen and oxygen atoms in total. The van der Waals surface area contributed by atoms with Crippen molar-refractivity contribution in [3.63, 3.8) is 0 Å². The molecule has 1 fully saturated rings. The third-order valence-electron chi connectivity index (χ3n) is 5.02. The number of para-hydroxylation sites is 1. The number of hydrogen-bond acceptors (Lipinski definition) is 3. The number of likely N-dealkylation sites (N-methyl/N-ethyl adjacent to an activating group) is 1. The second kappa shape index (κ2) is 7.93. The Kier molecular flexibility index (Phi) is 6.19. The van der Waals surface area contributed by atoms with Crippen LogP contribution < -0.4 is 5.32 Å². The van der Waals surface area contributed by atoms with Crippen LogP contribution >= 0.6 is 0 Å². The molecule has 0 aliphatic heterocycles. The largest absolute Gasteiger partial charge is 0.393 e.